The highest BCUT2D eigenvalue weighted by atomic mass is 16.5. The van der Waals surface area contributed by atoms with Gasteiger partial charge < -0.3 is 4.74 Å². The number of hydrogen-bond donors (Lipinski definition) is 0. The summed E-state index contributed by atoms with van der Waals surface area (Å²) in [5.74, 6) is 0.575. The van der Waals surface area contributed by atoms with E-state index in [9.17, 15) is 4.79 Å². The van der Waals surface area contributed by atoms with Gasteiger partial charge in [0.2, 0.25) is 0 Å². The summed E-state index contributed by atoms with van der Waals surface area (Å²) in [7, 11) is 0. The molecule has 1 aliphatic rings. The topological polar surface area (TPSA) is 26.3 Å². The predicted molar refractivity (Wildman–Crippen MR) is 47.7 cm³/mol. The summed E-state index contributed by atoms with van der Waals surface area (Å²) in [6.45, 7) is 10.1. The molecule has 2 atom stereocenters. The zero-order valence-corrected chi connectivity index (χ0v) is 8.55. The Morgan fingerprint density at radius 2 is 1.83 bits per heavy atom. The second-order valence-corrected chi connectivity index (χ2v) is 4.57. The van der Waals surface area contributed by atoms with E-state index >= 15 is 0 Å². The summed E-state index contributed by atoms with van der Waals surface area (Å²) in [5.41, 5.74) is 0.159. The molecule has 70 valence electrons. The molecule has 2 unspecified atom stereocenters. The number of carbonyl (C=O) groups excluding carboxylic acids is 1. The summed E-state index contributed by atoms with van der Waals surface area (Å²) in [6, 6.07) is 0. The van der Waals surface area contributed by atoms with Gasteiger partial charge in [-0.3, -0.25) is 4.79 Å². The molecule has 0 aromatic carbocycles. The highest BCUT2D eigenvalue weighted by Gasteiger charge is 2.59. The number of ether oxygens (including phenoxy) is 1. The maximum atomic E-state index is 11.4. The molecular weight excluding hydrogens is 152 g/mol. The Morgan fingerprint density at radius 1 is 1.42 bits per heavy atom. The maximum absolute atomic E-state index is 11.4. The Labute approximate surface area is 74.3 Å². The second-order valence-electron chi connectivity index (χ2n) is 4.57. The van der Waals surface area contributed by atoms with Gasteiger partial charge in [-0.05, 0) is 25.2 Å². The fourth-order valence-electron chi connectivity index (χ4n) is 1.71. The lowest BCUT2D eigenvalue weighted by Gasteiger charge is -2.08. The lowest BCUT2D eigenvalue weighted by Crippen LogP contribution is -2.15. The fourth-order valence-corrected chi connectivity index (χ4v) is 1.71. The predicted octanol–water partition coefficient (Wildman–Crippen LogP) is 2.23. The van der Waals surface area contributed by atoms with Crippen LogP contribution in [0.15, 0.2) is 0 Å². The van der Waals surface area contributed by atoms with Gasteiger partial charge in [-0.25, -0.2) is 0 Å². The first-order valence-corrected chi connectivity index (χ1v) is 4.58. The van der Waals surface area contributed by atoms with Crippen molar-refractivity contribution in [3.63, 3.8) is 0 Å². The molecule has 0 N–H and O–H groups in total. The van der Waals surface area contributed by atoms with Crippen LogP contribution in [-0.2, 0) is 9.53 Å². The monoisotopic (exact) mass is 170 g/mol. The Balaban J connectivity index is 2.47. The summed E-state index contributed by atoms with van der Waals surface area (Å²) in [5, 5.41) is 0. The zero-order valence-electron chi connectivity index (χ0n) is 8.55. The van der Waals surface area contributed by atoms with Crippen molar-refractivity contribution in [3.8, 4) is 0 Å². The van der Waals surface area contributed by atoms with Crippen molar-refractivity contribution < 1.29 is 9.53 Å². The molecule has 1 saturated carbocycles. The highest BCUT2D eigenvalue weighted by molar-refractivity contribution is 5.77. The summed E-state index contributed by atoms with van der Waals surface area (Å²) < 4.78 is 5.14. The number of hydrogen-bond acceptors (Lipinski definition) is 2. The average Bonchev–Trinajstić information content (AvgIpc) is 2.30. The van der Waals surface area contributed by atoms with Crippen molar-refractivity contribution in [1.82, 2.24) is 0 Å². The number of rotatable bonds is 2. The van der Waals surface area contributed by atoms with Gasteiger partial charge in [0.15, 0.2) is 0 Å². The molecule has 0 saturated heterocycles. The molecule has 1 aliphatic carbocycles. The minimum Gasteiger partial charge on any atom is -0.463 e. The number of esters is 1. The van der Waals surface area contributed by atoms with Gasteiger partial charge in [-0.15, -0.1) is 0 Å². The van der Waals surface area contributed by atoms with Gasteiger partial charge in [-0.1, -0.05) is 20.8 Å². The zero-order chi connectivity index (χ0) is 9.52. The van der Waals surface area contributed by atoms with E-state index in [0.29, 0.717) is 5.92 Å². The lowest BCUT2D eigenvalue weighted by molar-refractivity contribution is -0.150. The van der Waals surface area contributed by atoms with Crippen LogP contribution in [0.2, 0.25) is 0 Å². The highest BCUT2D eigenvalue weighted by Crippen LogP contribution is 2.58. The SMILES string of the molecule is CC(C)OC(=O)C1C(C)C1(C)C. The first kappa shape index (κ1) is 9.56. The lowest BCUT2D eigenvalue weighted by atomic mass is 10.1. The summed E-state index contributed by atoms with van der Waals surface area (Å²) in [4.78, 5) is 11.4. The van der Waals surface area contributed by atoms with Gasteiger partial charge in [-0.2, -0.15) is 0 Å². The normalized spacial score (nSPS) is 31.8. The van der Waals surface area contributed by atoms with Crippen LogP contribution in [0.3, 0.4) is 0 Å². The minimum atomic E-state index is -0.0255. The van der Waals surface area contributed by atoms with Crippen LogP contribution in [0.5, 0.6) is 0 Å². The van der Waals surface area contributed by atoms with Gasteiger partial charge in [0.1, 0.15) is 0 Å². The molecule has 0 aromatic rings. The Hall–Kier alpha value is -0.530. The molecule has 0 bridgehead atoms. The third-order valence-electron chi connectivity index (χ3n) is 2.97. The largest absolute Gasteiger partial charge is 0.463 e. The standard InChI is InChI=1S/C10H18O2/c1-6(2)12-9(11)8-7(3)10(8,4)5/h6-8H,1-5H3. The van der Waals surface area contributed by atoms with Gasteiger partial charge >= 0.3 is 5.97 Å². The fraction of sp³-hybridized carbons (Fsp3) is 0.900. The van der Waals surface area contributed by atoms with Crippen LogP contribution in [0, 0.1) is 17.3 Å². The smallest absolute Gasteiger partial charge is 0.310 e. The molecule has 0 heterocycles. The van der Waals surface area contributed by atoms with Gasteiger partial charge in [0.25, 0.3) is 0 Å². The van der Waals surface area contributed by atoms with Crippen molar-refractivity contribution in [3.05, 3.63) is 0 Å². The van der Waals surface area contributed by atoms with Gasteiger partial charge in [0.05, 0.1) is 12.0 Å². The summed E-state index contributed by atoms with van der Waals surface area (Å²) in [6.07, 6.45) is 0.0149. The summed E-state index contributed by atoms with van der Waals surface area (Å²) >= 11 is 0. The molecule has 0 aliphatic heterocycles. The third kappa shape index (κ3) is 1.47. The van der Waals surface area contributed by atoms with E-state index in [0.717, 1.165) is 0 Å². The van der Waals surface area contributed by atoms with Crippen molar-refractivity contribution in [1.29, 1.82) is 0 Å². The van der Waals surface area contributed by atoms with Crippen LogP contribution in [0.25, 0.3) is 0 Å². The van der Waals surface area contributed by atoms with Crippen molar-refractivity contribution in [2.45, 2.75) is 40.7 Å². The van der Waals surface area contributed by atoms with Gasteiger partial charge in [0, 0.05) is 0 Å². The van der Waals surface area contributed by atoms with Crippen LogP contribution in [-0.4, -0.2) is 12.1 Å². The van der Waals surface area contributed by atoms with Crippen LogP contribution < -0.4 is 0 Å². The van der Waals surface area contributed by atoms with Crippen LogP contribution in [0.1, 0.15) is 34.6 Å². The maximum Gasteiger partial charge on any atom is 0.310 e. The first-order valence-electron chi connectivity index (χ1n) is 4.58. The molecule has 12 heavy (non-hydrogen) atoms. The van der Waals surface area contributed by atoms with E-state index in [1.54, 1.807) is 0 Å². The van der Waals surface area contributed by atoms with E-state index in [1.165, 1.54) is 0 Å². The van der Waals surface area contributed by atoms with Crippen molar-refractivity contribution in [2.75, 3.05) is 0 Å². The Bertz CT molecular complexity index is 194. The second kappa shape index (κ2) is 2.75. The van der Waals surface area contributed by atoms with E-state index in [1.807, 2.05) is 13.8 Å². The molecule has 1 rings (SSSR count). The quantitative estimate of drug-likeness (QED) is 0.594. The molecular formula is C10H18O2. The van der Waals surface area contributed by atoms with Crippen molar-refractivity contribution >= 4 is 5.97 Å². The molecule has 2 heteroatoms. The van der Waals surface area contributed by atoms with Crippen molar-refractivity contribution in [2.24, 2.45) is 17.3 Å². The number of carbonyl (C=O) groups is 1. The Morgan fingerprint density at radius 3 is 2.08 bits per heavy atom. The van der Waals surface area contributed by atoms with E-state index < -0.39 is 0 Å². The van der Waals surface area contributed by atoms with E-state index in [-0.39, 0.29) is 23.4 Å². The third-order valence-corrected chi connectivity index (χ3v) is 2.97. The molecule has 2 nitrogen and oxygen atoms in total. The molecule has 0 aromatic heterocycles. The molecule has 0 spiro atoms. The molecule has 0 radical (unpaired) electrons. The van der Waals surface area contributed by atoms with E-state index in [4.69, 9.17) is 4.74 Å². The average molecular weight is 170 g/mol. The molecule has 0 amide bonds. The minimum absolute atomic E-state index is 0.0149. The van der Waals surface area contributed by atoms with Crippen LogP contribution >= 0.6 is 0 Å². The van der Waals surface area contributed by atoms with E-state index in [2.05, 4.69) is 20.8 Å². The molecule has 1 fully saturated rings. The first-order chi connectivity index (χ1) is 5.37. The van der Waals surface area contributed by atoms with Crippen LogP contribution in [0.4, 0.5) is 0 Å². The Kier molecular flexibility index (Phi) is 2.19.